The number of aromatic nitrogens is 3. The maximum Gasteiger partial charge on any atom is 0.261 e. The molecule has 0 unspecified atom stereocenters. The van der Waals surface area contributed by atoms with E-state index >= 15 is 0 Å². The number of allylic oxidation sites excluding steroid dienone is 2. The van der Waals surface area contributed by atoms with Gasteiger partial charge < -0.3 is 0 Å². The molecule has 1 aliphatic rings. The second kappa shape index (κ2) is 11.8. The highest BCUT2D eigenvalue weighted by Gasteiger charge is 2.32. The largest absolute Gasteiger partial charge is 0.296 e. The minimum atomic E-state index is -0.0674. The van der Waals surface area contributed by atoms with Crippen molar-refractivity contribution in [1.29, 1.82) is 0 Å². The number of aliphatic imine (C=N–C) groups is 1. The Labute approximate surface area is 202 Å². The number of benzene rings is 1. The first kappa shape index (κ1) is 26.3. The van der Waals surface area contributed by atoms with E-state index in [9.17, 15) is 4.79 Å². The molecule has 0 radical (unpaired) electrons. The quantitative estimate of drug-likeness (QED) is 0.398. The fourth-order valence-electron chi connectivity index (χ4n) is 3.51. The van der Waals surface area contributed by atoms with Gasteiger partial charge in [-0.25, -0.2) is 9.97 Å². The summed E-state index contributed by atoms with van der Waals surface area (Å²) in [4.78, 5) is 25.5. The number of terminal acetylenes is 1. The van der Waals surface area contributed by atoms with Crippen LogP contribution in [0.5, 0.6) is 0 Å². The van der Waals surface area contributed by atoms with E-state index in [2.05, 4.69) is 48.5 Å². The highest BCUT2D eigenvalue weighted by molar-refractivity contribution is 6.09. The van der Waals surface area contributed by atoms with Gasteiger partial charge >= 0.3 is 0 Å². The third-order valence-electron chi connectivity index (χ3n) is 5.42. The normalized spacial score (nSPS) is 13.7. The van der Waals surface area contributed by atoms with Crippen molar-refractivity contribution < 1.29 is 0 Å². The minimum Gasteiger partial charge on any atom is -0.296 e. The van der Waals surface area contributed by atoms with Crippen LogP contribution in [0.3, 0.4) is 0 Å². The average Bonchev–Trinajstić information content (AvgIpc) is 3.14. The number of hydrogen-bond acceptors (Lipinski definition) is 4. The van der Waals surface area contributed by atoms with E-state index in [1.54, 1.807) is 19.3 Å². The number of rotatable bonds is 2. The average molecular weight is 453 g/mol. The molecule has 3 heterocycles. The molecule has 1 aliphatic heterocycles. The lowest BCUT2D eigenvalue weighted by atomic mass is 9.91. The van der Waals surface area contributed by atoms with Gasteiger partial charge in [0, 0.05) is 30.8 Å². The Morgan fingerprint density at radius 3 is 2.71 bits per heavy atom. The molecule has 34 heavy (non-hydrogen) atoms. The summed E-state index contributed by atoms with van der Waals surface area (Å²) in [5, 5.41) is 0.655. The zero-order valence-corrected chi connectivity index (χ0v) is 19.6. The van der Waals surface area contributed by atoms with Crippen LogP contribution in [0.25, 0.3) is 10.9 Å². The van der Waals surface area contributed by atoms with Gasteiger partial charge in [-0.2, -0.15) is 0 Å². The molecule has 2 aromatic heterocycles. The van der Waals surface area contributed by atoms with Crippen molar-refractivity contribution in [3.05, 3.63) is 82.2 Å². The third-order valence-corrected chi connectivity index (χ3v) is 5.42. The summed E-state index contributed by atoms with van der Waals surface area (Å²) in [5.41, 5.74) is 2.97. The van der Waals surface area contributed by atoms with E-state index in [-0.39, 0.29) is 18.4 Å². The lowest BCUT2D eigenvalue weighted by Crippen LogP contribution is -2.24. The van der Waals surface area contributed by atoms with Crippen molar-refractivity contribution in [3.63, 3.8) is 0 Å². The Morgan fingerprint density at radius 1 is 1.29 bits per heavy atom. The van der Waals surface area contributed by atoms with Gasteiger partial charge in [0.25, 0.3) is 5.56 Å². The summed E-state index contributed by atoms with van der Waals surface area (Å²) < 4.78 is 1.81. The smallest absolute Gasteiger partial charge is 0.261 e. The Morgan fingerprint density at radius 2 is 2.09 bits per heavy atom. The molecule has 0 fully saturated rings. The second-order valence-electron chi connectivity index (χ2n) is 8.29. The van der Waals surface area contributed by atoms with Gasteiger partial charge in [-0.3, -0.25) is 14.4 Å². The maximum atomic E-state index is 12.7. The number of hydrogen-bond donors (Lipinski definition) is 0. The van der Waals surface area contributed by atoms with Crippen LogP contribution in [-0.2, 0) is 12.0 Å². The van der Waals surface area contributed by atoms with Crippen molar-refractivity contribution in [3.8, 4) is 24.2 Å². The van der Waals surface area contributed by atoms with E-state index in [0.29, 0.717) is 11.1 Å². The van der Waals surface area contributed by atoms with Crippen LogP contribution < -0.4 is 5.56 Å². The van der Waals surface area contributed by atoms with Crippen LogP contribution in [0.15, 0.2) is 64.5 Å². The van der Waals surface area contributed by atoms with Crippen LogP contribution >= 0.6 is 0 Å². The summed E-state index contributed by atoms with van der Waals surface area (Å²) in [6, 6.07) is 11.1. The van der Waals surface area contributed by atoms with Crippen LogP contribution in [0.2, 0.25) is 0 Å². The summed E-state index contributed by atoms with van der Waals surface area (Å²) in [6.45, 7) is 7.09. The molecule has 0 amide bonds. The standard InChI is InChI=1S/C21H23N3O.C7H5N.CH4/c1-5-6-7-16(22-4)10-8-15-9-11-17-18(14-15)23-20-21(2,3)12-13-24(20)19(17)25;1-2-7-5-3-4-6-8-7;/h6-7,9,11,14H,5,12-13H2,1-4H3;1,3-6H;1H4/b7-6-,22-16?;;. The molecule has 0 saturated carbocycles. The van der Waals surface area contributed by atoms with Gasteiger partial charge in [-0.05, 0) is 55.2 Å². The first-order valence-electron chi connectivity index (χ1n) is 11.0. The van der Waals surface area contributed by atoms with E-state index in [4.69, 9.17) is 11.4 Å². The highest BCUT2D eigenvalue weighted by Crippen LogP contribution is 2.32. The SMILES string of the molecule is C.C#Cc1ccccn1.CC/C=C\C(C#Cc1ccc2c(=O)n3c(nc2c1)C(C)(C)CC3)=NC. The molecule has 174 valence electrons. The number of pyridine rings is 1. The monoisotopic (exact) mass is 452 g/mol. The van der Waals surface area contributed by atoms with Crippen LogP contribution in [0.4, 0.5) is 0 Å². The molecule has 0 N–H and O–H groups in total. The van der Waals surface area contributed by atoms with E-state index in [1.165, 1.54) is 0 Å². The van der Waals surface area contributed by atoms with Crippen molar-refractivity contribution in [1.82, 2.24) is 14.5 Å². The number of nitrogens with zero attached hydrogens (tertiary/aromatic N) is 4. The molecule has 0 saturated heterocycles. The fraction of sp³-hybridized carbons (Fsp3) is 0.310. The Kier molecular flexibility index (Phi) is 9.10. The molecule has 5 heteroatoms. The Bertz CT molecular complexity index is 1360. The summed E-state index contributed by atoms with van der Waals surface area (Å²) >= 11 is 0. The van der Waals surface area contributed by atoms with Crippen LogP contribution in [0.1, 0.15) is 58.1 Å². The first-order chi connectivity index (χ1) is 15.9. The number of fused-ring (bicyclic) bond motifs is 2. The molecule has 0 aliphatic carbocycles. The molecule has 0 spiro atoms. The summed E-state index contributed by atoms with van der Waals surface area (Å²) in [5.74, 6) is 9.48. The molecule has 1 aromatic carbocycles. The lowest BCUT2D eigenvalue weighted by Gasteiger charge is -2.16. The Balaban J connectivity index is 0.000000386. The molecule has 0 bridgehead atoms. The van der Waals surface area contributed by atoms with Gasteiger partial charge in [0.15, 0.2) is 0 Å². The molecule has 3 aromatic rings. The second-order valence-corrected chi connectivity index (χ2v) is 8.29. The zero-order chi connectivity index (χ0) is 23.8. The fourth-order valence-corrected chi connectivity index (χ4v) is 3.51. The highest BCUT2D eigenvalue weighted by atomic mass is 16.1. The summed E-state index contributed by atoms with van der Waals surface area (Å²) in [6.07, 6.45) is 12.6. The van der Waals surface area contributed by atoms with Crippen LogP contribution in [0, 0.1) is 24.2 Å². The molecule has 4 rings (SSSR count). The summed E-state index contributed by atoms with van der Waals surface area (Å²) in [7, 11) is 1.73. The van der Waals surface area contributed by atoms with Gasteiger partial charge in [0.2, 0.25) is 0 Å². The Hall–Kier alpha value is -3.96. The van der Waals surface area contributed by atoms with Crippen molar-refractivity contribution >= 4 is 16.6 Å². The van der Waals surface area contributed by atoms with Gasteiger partial charge in [-0.15, -0.1) is 6.42 Å². The van der Waals surface area contributed by atoms with Crippen molar-refractivity contribution in [2.75, 3.05) is 7.05 Å². The van der Waals surface area contributed by atoms with Crippen LogP contribution in [-0.4, -0.2) is 27.3 Å². The lowest BCUT2D eigenvalue weighted by molar-refractivity contribution is 0.510. The molecule has 0 atom stereocenters. The van der Waals surface area contributed by atoms with Crippen molar-refractivity contribution in [2.24, 2.45) is 4.99 Å². The third kappa shape index (κ3) is 6.09. The topological polar surface area (TPSA) is 60.1 Å². The molecular formula is C29H32N4O. The molecular weight excluding hydrogens is 420 g/mol. The zero-order valence-electron chi connectivity index (χ0n) is 19.6. The molecule has 5 nitrogen and oxygen atoms in total. The van der Waals surface area contributed by atoms with Gasteiger partial charge in [-0.1, -0.05) is 52.2 Å². The van der Waals surface area contributed by atoms with Crippen molar-refractivity contribution in [2.45, 2.75) is 53.0 Å². The predicted molar refractivity (Wildman–Crippen MR) is 142 cm³/mol. The first-order valence-corrected chi connectivity index (χ1v) is 11.0. The van der Waals surface area contributed by atoms with E-state index in [0.717, 1.165) is 42.0 Å². The predicted octanol–water partition coefficient (Wildman–Crippen LogP) is 5.17. The van der Waals surface area contributed by atoms with Gasteiger partial charge in [0.1, 0.15) is 17.2 Å². The minimum absolute atomic E-state index is 0. The van der Waals surface area contributed by atoms with E-state index < -0.39 is 0 Å². The van der Waals surface area contributed by atoms with Gasteiger partial charge in [0.05, 0.1) is 10.9 Å². The van der Waals surface area contributed by atoms with E-state index in [1.807, 2.05) is 47.1 Å². The maximum absolute atomic E-state index is 12.7.